The van der Waals surface area contributed by atoms with Crippen LogP contribution in [0.1, 0.15) is 47.0 Å². The summed E-state index contributed by atoms with van der Waals surface area (Å²) in [7, 11) is 4.37. The van der Waals surface area contributed by atoms with Crippen molar-refractivity contribution in [3.63, 3.8) is 0 Å². The maximum Gasteiger partial charge on any atom is 0.0237 e. The lowest BCUT2D eigenvalue weighted by Crippen LogP contribution is -2.47. The minimum atomic E-state index is 0.494. The fraction of sp³-hybridized carbons (Fsp3) is 1.00. The summed E-state index contributed by atoms with van der Waals surface area (Å²) in [5.74, 6) is 0.715. The maximum atomic E-state index is 3.79. The highest BCUT2D eigenvalue weighted by atomic mass is 15.1. The van der Waals surface area contributed by atoms with Gasteiger partial charge in [-0.05, 0) is 38.3 Å². The van der Waals surface area contributed by atoms with Crippen molar-refractivity contribution in [1.29, 1.82) is 0 Å². The van der Waals surface area contributed by atoms with Crippen LogP contribution in [0.4, 0.5) is 0 Å². The van der Waals surface area contributed by atoms with Gasteiger partial charge in [-0.1, -0.05) is 34.1 Å². The van der Waals surface area contributed by atoms with E-state index in [4.69, 9.17) is 0 Å². The molecule has 0 radical (unpaired) electrons. The Labute approximate surface area is 102 Å². The lowest BCUT2D eigenvalue weighted by molar-refractivity contribution is 0.198. The molecule has 1 rings (SSSR count). The van der Waals surface area contributed by atoms with Crippen LogP contribution < -0.4 is 5.32 Å². The molecule has 1 aliphatic carbocycles. The summed E-state index contributed by atoms with van der Waals surface area (Å²) in [6, 6.07) is 1.37. The number of nitrogens with one attached hydrogen (secondary N) is 1. The molecule has 1 fully saturated rings. The van der Waals surface area contributed by atoms with Gasteiger partial charge in [0.25, 0.3) is 0 Å². The van der Waals surface area contributed by atoms with Crippen LogP contribution in [0.2, 0.25) is 0 Å². The Morgan fingerprint density at radius 1 is 1.31 bits per heavy atom. The monoisotopic (exact) mass is 226 g/mol. The molecule has 0 amide bonds. The van der Waals surface area contributed by atoms with Crippen molar-refractivity contribution in [3.8, 4) is 0 Å². The highest BCUT2D eigenvalue weighted by molar-refractivity contribution is 4.91. The topological polar surface area (TPSA) is 15.3 Å². The van der Waals surface area contributed by atoms with E-state index in [9.17, 15) is 0 Å². The van der Waals surface area contributed by atoms with Crippen molar-refractivity contribution >= 4 is 0 Å². The Balaban J connectivity index is 2.43. The number of nitrogens with zero attached hydrogens (tertiary/aromatic N) is 1. The van der Waals surface area contributed by atoms with E-state index in [1.807, 2.05) is 0 Å². The Bertz CT molecular complexity index is 199. The summed E-state index contributed by atoms with van der Waals surface area (Å²) in [5, 5.41) is 3.79. The zero-order valence-electron chi connectivity index (χ0n) is 12.0. The molecular weight excluding hydrogens is 196 g/mol. The minimum Gasteiger partial charge on any atom is -0.312 e. The van der Waals surface area contributed by atoms with E-state index in [-0.39, 0.29) is 0 Å². The largest absolute Gasteiger partial charge is 0.312 e. The second-order valence-electron chi connectivity index (χ2n) is 6.62. The zero-order chi connectivity index (χ0) is 12.3. The predicted octanol–water partition coefficient (Wildman–Crippen LogP) is 2.74. The van der Waals surface area contributed by atoms with E-state index in [0.29, 0.717) is 23.4 Å². The lowest BCUT2D eigenvalue weighted by atomic mass is 9.87. The van der Waals surface area contributed by atoms with Crippen LogP contribution in [0.15, 0.2) is 0 Å². The smallest absolute Gasteiger partial charge is 0.0237 e. The molecule has 0 saturated heterocycles. The van der Waals surface area contributed by atoms with Gasteiger partial charge in [-0.25, -0.2) is 0 Å². The minimum absolute atomic E-state index is 0.494. The molecule has 0 aliphatic heterocycles. The number of rotatable bonds is 5. The van der Waals surface area contributed by atoms with Crippen molar-refractivity contribution in [3.05, 3.63) is 0 Å². The van der Waals surface area contributed by atoms with Gasteiger partial charge in [0.15, 0.2) is 0 Å². The second-order valence-corrected chi connectivity index (χ2v) is 6.62. The molecule has 2 unspecified atom stereocenters. The molecule has 16 heavy (non-hydrogen) atoms. The first-order valence-corrected chi connectivity index (χ1v) is 6.74. The highest BCUT2D eigenvalue weighted by Gasteiger charge is 2.34. The van der Waals surface area contributed by atoms with E-state index < -0.39 is 0 Å². The Morgan fingerprint density at radius 3 is 2.31 bits per heavy atom. The van der Waals surface area contributed by atoms with Gasteiger partial charge in [-0.2, -0.15) is 0 Å². The summed E-state index contributed by atoms with van der Waals surface area (Å²) >= 11 is 0. The van der Waals surface area contributed by atoms with Gasteiger partial charge in [0.2, 0.25) is 0 Å². The fourth-order valence-corrected chi connectivity index (χ4v) is 2.98. The maximum absolute atomic E-state index is 3.79. The zero-order valence-corrected chi connectivity index (χ0v) is 12.0. The molecular formula is C14H30N2. The molecule has 0 heterocycles. The average molecular weight is 226 g/mol. The van der Waals surface area contributed by atoms with Crippen LogP contribution in [0.3, 0.4) is 0 Å². The molecule has 0 aromatic carbocycles. The Hall–Kier alpha value is -0.0800. The molecule has 0 spiro atoms. The van der Waals surface area contributed by atoms with Gasteiger partial charge in [0, 0.05) is 18.6 Å². The van der Waals surface area contributed by atoms with Crippen LogP contribution in [0.5, 0.6) is 0 Å². The first-order chi connectivity index (χ1) is 7.34. The molecule has 1 aliphatic rings. The number of hydrogen-bond donors (Lipinski definition) is 1. The summed E-state index contributed by atoms with van der Waals surface area (Å²) < 4.78 is 0. The molecule has 96 valence electrons. The Morgan fingerprint density at radius 2 is 1.94 bits per heavy atom. The molecule has 0 aromatic rings. The van der Waals surface area contributed by atoms with Crippen molar-refractivity contribution in [1.82, 2.24) is 10.2 Å². The lowest BCUT2D eigenvalue weighted by Gasteiger charge is -2.33. The molecule has 2 nitrogen and oxygen atoms in total. The van der Waals surface area contributed by atoms with E-state index in [0.717, 1.165) is 6.54 Å². The van der Waals surface area contributed by atoms with Crippen LogP contribution >= 0.6 is 0 Å². The standard InChI is InChI=1S/C14H30N2/c1-11(2)12(16(5)6)10-15-13-8-7-9-14(13,3)4/h11-13,15H,7-10H2,1-6H3. The van der Waals surface area contributed by atoms with Gasteiger partial charge >= 0.3 is 0 Å². The van der Waals surface area contributed by atoms with Crippen molar-refractivity contribution in [2.24, 2.45) is 11.3 Å². The summed E-state index contributed by atoms with van der Waals surface area (Å²) in [4.78, 5) is 2.35. The van der Waals surface area contributed by atoms with Gasteiger partial charge in [-0.15, -0.1) is 0 Å². The van der Waals surface area contributed by atoms with E-state index in [2.05, 4.69) is 52.0 Å². The third-order valence-corrected chi connectivity index (χ3v) is 4.26. The van der Waals surface area contributed by atoms with Crippen molar-refractivity contribution in [2.75, 3.05) is 20.6 Å². The molecule has 0 bridgehead atoms. The van der Waals surface area contributed by atoms with E-state index >= 15 is 0 Å². The first-order valence-electron chi connectivity index (χ1n) is 6.74. The van der Waals surface area contributed by atoms with Crippen LogP contribution in [0, 0.1) is 11.3 Å². The summed E-state index contributed by atoms with van der Waals surface area (Å²) in [5.41, 5.74) is 0.494. The third kappa shape index (κ3) is 3.46. The SMILES string of the molecule is CC(C)C(CNC1CCCC1(C)C)N(C)C. The summed E-state index contributed by atoms with van der Waals surface area (Å²) in [6.07, 6.45) is 4.11. The van der Waals surface area contributed by atoms with E-state index in [1.54, 1.807) is 0 Å². The average Bonchev–Trinajstić information content (AvgIpc) is 2.44. The van der Waals surface area contributed by atoms with E-state index in [1.165, 1.54) is 19.3 Å². The number of hydrogen-bond acceptors (Lipinski definition) is 2. The van der Waals surface area contributed by atoms with Gasteiger partial charge in [0.05, 0.1) is 0 Å². The first kappa shape index (κ1) is 14.0. The third-order valence-electron chi connectivity index (χ3n) is 4.26. The van der Waals surface area contributed by atoms with Gasteiger partial charge < -0.3 is 10.2 Å². The normalized spacial score (nSPS) is 26.6. The molecule has 2 heteroatoms. The molecule has 1 saturated carbocycles. The van der Waals surface area contributed by atoms with Gasteiger partial charge in [0.1, 0.15) is 0 Å². The quantitative estimate of drug-likeness (QED) is 0.775. The second kappa shape index (κ2) is 5.50. The van der Waals surface area contributed by atoms with Gasteiger partial charge in [-0.3, -0.25) is 0 Å². The highest BCUT2D eigenvalue weighted by Crippen LogP contribution is 2.37. The van der Waals surface area contributed by atoms with Crippen LogP contribution in [0.25, 0.3) is 0 Å². The fourth-order valence-electron chi connectivity index (χ4n) is 2.98. The molecule has 0 aromatic heterocycles. The van der Waals surface area contributed by atoms with Crippen molar-refractivity contribution in [2.45, 2.75) is 59.0 Å². The summed E-state index contributed by atoms with van der Waals surface area (Å²) in [6.45, 7) is 10.5. The molecule has 1 N–H and O–H groups in total. The predicted molar refractivity (Wildman–Crippen MR) is 71.7 cm³/mol. The van der Waals surface area contributed by atoms with Crippen LogP contribution in [-0.2, 0) is 0 Å². The van der Waals surface area contributed by atoms with Crippen molar-refractivity contribution < 1.29 is 0 Å². The number of likely N-dealkylation sites (N-methyl/N-ethyl adjacent to an activating group) is 1. The van der Waals surface area contributed by atoms with Crippen LogP contribution in [-0.4, -0.2) is 37.6 Å². The molecule has 2 atom stereocenters. The Kier molecular flexibility index (Phi) is 4.81.